The van der Waals surface area contributed by atoms with Crippen molar-refractivity contribution in [2.45, 2.75) is 12.2 Å². The van der Waals surface area contributed by atoms with E-state index in [9.17, 15) is 9.90 Å². The zero-order chi connectivity index (χ0) is 9.30. The van der Waals surface area contributed by atoms with Gasteiger partial charge in [0.2, 0.25) is 5.78 Å². The third-order valence-electron chi connectivity index (χ3n) is 1.46. The molecule has 0 aliphatic carbocycles. The summed E-state index contributed by atoms with van der Waals surface area (Å²) < 4.78 is 4.25. The smallest absolute Gasteiger partial charge is 0.596 e. The Bertz CT molecular complexity index is 237. The first-order valence-electron chi connectivity index (χ1n) is 3.18. The van der Waals surface area contributed by atoms with Crippen LogP contribution >= 0.6 is 0 Å². The van der Waals surface area contributed by atoms with Gasteiger partial charge in [-0.2, -0.15) is 0 Å². The molecule has 7 heteroatoms. The standard InChI is InChI=1S/C6H8O6.Na/c7-1-2(8)5-3(9)4(10)6(11)12-5;/h2,5,7-8,10-11H,1H2;/q;+1/p-1. The molecule has 68 valence electrons. The average molecular weight is 198 g/mol. The summed E-state index contributed by atoms with van der Waals surface area (Å²) in [5.74, 6) is -3.20. The molecule has 0 radical (unpaired) electrons. The van der Waals surface area contributed by atoms with Gasteiger partial charge >= 0.3 is 29.6 Å². The summed E-state index contributed by atoms with van der Waals surface area (Å²) in [4.78, 5) is 10.8. The predicted octanol–water partition coefficient (Wildman–Crippen LogP) is -5.60. The van der Waals surface area contributed by atoms with Gasteiger partial charge in [-0.15, -0.1) is 0 Å². The number of aliphatic hydroxyl groups is 3. The predicted molar refractivity (Wildman–Crippen MR) is 32.6 cm³/mol. The zero-order valence-corrected chi connectivity index (χ0v) is 8.93. The van der Waals surface area contributed by atoms with Crippen LogP contribution < -0.4 is 34.7 Å². The number of carbonyl (C=O) groups excluding carboxylic acids is 1. The van der Waals surface area contributed by atoms with Crippen LogP contribution in [0.25, 0.3) is 0 Å². The summed E-state index contributed by atoms with van der Waals surface area (Å²) in [6, 6.07) is 0. The zero-order valence-electron chi connectivity index (χ0n) is 6.93. The first kappa shape index (κ1) is 12.7. The maximum atomic E-state index is 10.8. The van der Waals surface area contributed by atoms with E-state index in [1.165, 1.54) is 0 Å². The van der Waals surface area contributed by atoms with Crippen LogP contribution in [0.4, 0.5) is 0 Å². The molecule has 0 saturated carbocycles. The van der Waals surface area contributed by atoms with Gasteiger partial charge in [-0.05, 0) is 0 Å². The van der Waals surface area contributed by atoms with Crippen molar-refractivity contribution in [2.75, 3.05) is 6.61 Å². The van der Waals surface area contributed by atoms with Gasteiger partial charge in [0.05, 0.1) is 18.7 Å². The van der Waals surface area contributed by atoms with E-state index < -0.39 is 36.3 Å². The molecule has 0 amide bonds. The van der Waals surface area contributed by atoms with Crippen molar-refractivity contribution < 1.29 is 59.5 Å². The number of hydrogen-bond donors (Lipinski definition) is 3. The van der Waals surface area contributed by atoms with E-state index in [1.54, 1.807) is 0 Å². The van der Waals surface area contributed by atoms with Crippen LogP contribution in [0.1, 0.15) is 0 Å². The summed E-state index contributed by atoms with van der Waals surface area (Å²) in [6.45, 7) is -0.711. The number of hydrogen-bond acceptors (Lipinski definition) is 6. The van der Waals surface area contributed by atoms with E-state index in [2.05, 4.69) is 4.74 Å². The monoisotopic (exact) mass is 198 g/mol. The van der Waals surface area contributed by atoms with Crippen LogP contribution in [0, 0.1) is 0 Å². The molecule has 1 aliphatic rings. The molecular formula is C6H7NaO6. The maximum Gasteiger partial charge on any atom is 1.00 e. The number of rotatable bonds is 2. The summed E-state index contributed by atoms with van der Waals surface area (Å²) in [5, 5.41) is 36.5. The number of ketones is 1. The van der Waals surface area contributed by atoms with Gasteiger partial charge < -0.3 is 25.2 Å². The second-order valence-electron chi connectivity index (χ2n) is 2.29. The van der Waals surface area contributed by atoms with Crippen LogP contribution in [0.5, 0.6) is 0 Å². The fourth-order valence-electron chi connectivity index (χ4n) is 0.809. The van der Waals surface area contributed by atoms with Crippen LogP contribution in [-0.2, 0) is 9.53 Å². The number of carbonyl (C=O) groups is 1. The second-order valence-corrected chi connectivity index (χ2v) is 2.29. The molecule has 1 heterocycles. The summed E-state index contributed by atoms with van der Waals surface area (Å²) in [6.07, 6.45) is -2.95. The molecule has 13 heavy (non-hydrogen) atoms. The summed E-state index contributed by atoms with van der Waals surface area (Å²) in [5.41, 5.74) is 0. The van der Waals surface area contributed by atoms with Crippen molar-refractivity contribution in [3.8, 4) is 0 Å². The molecule has 1 aliphatic heterocycles. The Morgan fingerprint density at radius 1 is 1.62 bits per heavy atom. The normalized spacial score (nSPS) is 23.8. The minimum atomic E-state index is -1.48. The van der Waals surface area contributed by atoms with E-state index in [0.717, 1.165) is 0 Å². The quantitative estimate of drug-likeness (QED) is 0.381. The molecular weight excluding hydrogens is 191 g/mol. The first-order chi connectivity index (χ1) is 5.57. The van der Waals surface area contributed by atoms with Crippen molar-refractivity contribution in [2.24, 2.45) is 0 Å². The molecule has 2 atom stereocenters. The Kier molecular flexibility index (Phi) is 4.72. The number of aliphatic hydroxyl groups excluding tert-OH is 3. The minimum Gasteiger partial charge on any atom is -0.596 e. The number of ether oxygens (including phenoxy) is 1. The first-order valence-corrected chi connectivity index (χ1v) is 3.18. The molecule has 0 saturated heterocycles. The fraction of sp³-hybridized carbons (Fsp3) is 0.500. The molecule has 0 spiro atoms. The molecule has 0 aromatic carbocycles. The van der Waals surface area contributed by atoms with Crippen molar-refractivity contribution in [3.63, 3.8) is 0 Å². The van der Waals surface area contributed by atoms with E-state index in [-0.39, 0.29) is 29.6 Å². The Labute approximate surface area is 95.7 Å². The molecule has 0 bridgehead atoms. The molecule has 0 fully saturated rings. The largest absolute Gasteiger partial charge is 1.00 e. The third kappa shape index (κ3) is 2.35. The molecule has 6 nitrogen and oxygen atoms in total. The third-order valence-corrected chi connectivity index (χ3v) is 1.46. The van der Waals surface area contributed by atoms with Gasteiger partial charge in [0.25, 0.3) is 0 Å². The van der Waals surface area contributed by atoms with Crippen molar-refractivity contribution in [1.82, 2.24) is 0 Å². The minimum absolute atomic E-state index is 0. The average Bonchev–Trinajstić information content (AvgIpc) is 2.32. The molecule has 2 unspecified atom stereocenters. The molecule has 0 aromatic heterocycles. The van der Waals surface area contributed by atoms with E-state index in [0.29, 0.717) is 0 Å². The Hall–Kier alpha value is -0.270. The summed E-state index contributed by atoms with van der Waals surface area (Å²) in [7, 11) is 0. The SMILES string of the molecule is O=C1C(O)=C([O-])OC1C(O)CO.[Na+]. The second kappa shape index (κ2) is 4.83. The van der Waals surface area contributed by atoms with Gasteiger partial charge in [0.15, 0.2) is 5.76 Å². The van der Waals surface area contributed by atoms with E-state index in [1.807, 2.05) is 0 Å². The molecule has 1 rings (SSSR count). The van der Waals surface area contributed by atoms with Crippen molar-refractivity contribution >= 4 is 5.78 Å². The summed E-state index contributed by atoms with van der Waals surface area (Å²) >= 11 is 0. The van der Waals surface area contributed by atoms with Gasteiger partial charge in [-0.1, -0.05) is 0 Å². The van der Waals surface area contributed by atoms with Crippen LogP contribution in [0.2, 0.25) is 0 Å². The molecule has 0 aromatic rings. The van der Waals surface area contributed by atoms with E-state index in [4.69, 9.17) is 15.3 Å². The van der Waals surface area contributed by atoms with Crippen LogP contribution in [-0.4, -0.2) is 39.9 Å². The van der Waals surface area contributed by atoms with Gasteiger partial charge in [0.1, 0.15) is 6.10 Å². The molecule has 3 N–H and O–H groups in total. The van der Waals surface area contributed by atoms with Gasteiger partial charge in [-0.25, -0.2) is 0 Å². The Morgan fingerprint density at radius 2 is 2.15 bits per heavy atom. The van der Waals surface area contributed by atoms with E-state index >= 15 is 0 Å². The number of Topliss-reactive ketones (excluding diaryl/α,β-unsaturated/α-hetero) is 1. The maximum absolute atomic E-state index is 10.8. The topological polar surface area (TPSA) is 110 Å². The van der Waals surface area contributed by atoms with Crippen LogP contribution in [0.3, 0.4) is 0 Å². The fourth-order valence-corrected chi connectivity index (χ4v) is 0.809. The van der Waals surface area contributed by atoms with Crippen molar-refractivity contribution in [3.05, 3.63) is 11.7 Å². The van der Waals surface area contributed by atoms with Crippen LogP contribution in [0.15, 0.2) is 11.7 Å². The van der Waals surface area contributed by atoms with Gasteiger partial charge in [0, 0.05) is 0 Å². The van der Waals surface area contributed by atoms with Gasteiger partial charge in [-0.3, -0.25) is 4.79 Å². The Balaban J connectivity index is 0.00000144. The van der Waals surface area contributed by atoms with Crippen molar-refractivity contribution in [1.29, 1.82) is 0 Å². The Morgan fingerprint density at radius 3 is 2.46 bits per heavy atom.